The Labute approximate surface area is 189 Å². The molecule has 8 heteroatoms. The molecule has 0 bridgehead atoms. The Hall–Kier alpha value is -3.00. The van der Waals surface area contributed by atoms with Gasteiger partial charge in [0.25, 0.3) is 0 Å². The number of hydrogen-bond acceptors (Lipinski definition) is 6. The predicted octanol–water partition coefficient (Wildman–Crippen LogP) is 1.59. The Kier molecular flexibility index (Phi) is 6.99. The average molecular weight is 437 g/mol. The SMILES string of the molecule is CN(C)CCCN1CC(C(=O)N2CCN(c3cc(-c4ccccc4)ncn3)CC2)CC1=O. The van der Waals surface area contributed by atoms with Crippen LogP contribution in [0.4, 0.5) is 5.82 Å². The van der Waals surface area contributed by atoms with Gasteiger partial charge in [-0.2, -0.15) is 0 Å². The summed E-state index contributed by atoms with van der Waals surface area (Å²) >= 11 is 0. The first kappa shape index (κ1) is 22.2. The number of rotatable bonds is 7. The highest BCUT2D eigenvalue weighted by Gasteiger charge is 2.37. The molecule has 2 amide bonds. The standard InChI is InChI=1S/C24H32N6O2/c1-27(2)9-6-10-30-17-20(15-23(30)31)24(32)29-13-11-28(12-14-29)22-16-21(25-18-26-22)19-7-4-3-5-8-19/h3-5,7-8,16,18,20H,6,9-15,17H2,1-2H3. The lowest BCUT2D eigenvalue weighted by Crippen LogP contribution is -2.51. The summed E-state index contributed by atoms with van der Waals surface area (Å²) in [7, 11) is 4.06. The molecule has 1 atom stereocenters. The van der Waals surface area contributed by atoms with Crippen LogP contribution in [0.1, 0.15) is 12.8 Å². The van der Waals surface area contributed by atoms with Crippen LogP contribution in [-0.4, -0.2) is 96.4 Å². The number of aromatic nitrogens is 2. The molecule has 8 nitrogen and oxygen atoms in total. The Morgan fingerprint density at radius 3 is 2.56 bits per heavy atom. The van der Waals surface area contributed by atoms with Crippen LogP contribution in [0.15, 0.2) is 42.7 Å². The molecule has 0 spiro atoms. The lowest BCUT2D eigenvalue weighted by atomic mass is 10.1. The number of amides is 2. The molecule has 1 unspecified atom stereocenters. The van der Waals surface area contributed by atoms with Gasteiger partial charge >= 0.3 is 0 Å². The molecule has 2 aromatic rings. The highest BCUT2D eigenvalue weighted by Crippen LogP contribution is 2.24. The first-order chi connectivity index (χ1) is 15.5. The predicted molar refractivity (Wildman–Crippen MR) is 124 cm³/mol. The van der Waals surface area contributed by atoms with Crippen molar-refractivity contribution in [1.29, 1.82) is 0 Å². The van der Waals surface area contributed by atoms with Gasteiger partial charge in [-0.05, 0) is 27.1 Å². The van der Waals surface area contributed by atoms with E-state index in [9.17, 15) is 9.59 Å². The zero-order valence-corrected chi connectivity index (χ0v) is 19.0. The molecule has 2 aliphatic heterocycles. The van der Waals surface area contributed by atoms with Crippen LogP contribution in [0.2, 0.25) is 0 Å². The normalized spacial score (nSPS) is 19.2. The van der Waals surface area contributed by atoms with Crippen LogP contribution < -0.4 is 4.90 Å². The second kappa shape index (κ2) is 10.1. The number of benzene rings is 1. The van der Waals surface area contributed by atoms with Crippen molar-refractivity contribution >= 4 is 17.6 Å². The first-order valence-electron chi connectivity index (χ1n) is 11.3. The smallest absolute Gasteiger partial charge is 0.228 e. The van der Waals surface area contributed by atoms with Crippen LogP contribution in [0.25, 0.3) is 11.3 Å². The number of anilines is 1. The molecule has 2 fully saturated rings. The van der Waals surface area contributed by atoms with Crippen LogP contribution in [0, 0.1) is 5.92 Å². The van der Waals surface area contributed by atoms with Gasteiger partial charge in [0.2, 0.25) is 11.8 Å². The van der Waals surface area contributed by atoms with Crippen molar-refractivity contribution in [3.8, 4) is 11.3 Å². The third-order valence-electron chi connectivity index (χ3n) is 6.23. The molecule has 4 rings (SSSR count). The average Bonchev–Trinajstić information content (AvgIpc) is 3.19. The number of hydrogen-bond donors (Lipinski definition) is 0. The number of carbonyl (C=O) groups excluding carboxylic acids is 2. The molecule has 170 valence electrons. The molecule has 2 saturated heterocycles. The highest BCUT2D eigenvalue weighted by atomic mass is 16.2. The molecule has 0 N–H and O–H groups in total. The minimum absolute atomic E-state index is 0.107. The third kappa shape index (κ3) is 5.24. The maximum Gasteiger partial charge on any atom is 0.228 e. The molecule has 0 saturated carbocycles. The molecule has 1 aromatic carbocycles. The van der Waals surface area contributed by atoms with Gasteiger partial charge in [0.1, 0.15) is 12.1 Å². The van der Waals surface area contributed by atoms with E-state index in [1.165, 1.54) is 0 Å². The summed E-state index contributed by atoms with van der Waals surface area (Å²) in [5, 5.41) is 0. The zero-order valence-electron chi connectivity index (χ0n) is 19.0. The Balaban J connectivity index is 1.30. The van der Waals surface area contributed by atoms with Crippen molar-refractivity contribution in [2.24, 2.45) is 5.92 Å². The Morgan fingerprint density at radius 1 is 1.09 bits per heavy atom. The number of piperazine rings is 1. The Bertz CT molecular complexity index is 927. The molecule has 1 aromatic heterocycles. The fraction of sp³-hybridized carbons (Fsp3) is 0.500. The minimum Gasteiger partial charge on any atom is -0.353 e. The summed E-state index contributed by atoms with van der Waals surface area (Å²) in [5.41, 5.74) is 1.96. The summed E-state index contributed by atoms with van der Waals surface area (Å²) in [6.07, 6.45) is 2.87. The minimum atomic E-state index is -0.211. The van der Waals surface area contributed by atoms with Crippen molar-refractivity contribution < 1.29 is 9.59 Å². The monoisotopic (exact) mass is 436 g/mol. The third-order valence-corrected chi connectivity index (χ3v) is 6.23. The van der Waals surface area contributed by atoms with Gasteiger partial charge in [0.15, 0.2) is 0 Å². The van der Waals surface area contributed by atoms with E-state index >= 15 is 0 Å². The van der Waals surface area contributed by atoms with Gasteiger partial charge in [-0.3, -0.25) is 9.59 Å². The van der Waals surface area contributed by atoms with Gasteiger partial charge in [0, 0.05) is 57.3 Å². The van der Waals surface area contributed by atoms with Crippen molar-refractivity contribution in [3.05, 3.63) is 42.7 Å². The Morgan fingerprint density at radius 2 is 1.84 bits per heavy atom. The number of likely N-dealkylation sites (tertiary alicyclic amines) is 1. The molecule has 0 radical (unpaired) electrons. The van der Waals surface area contributed by atoms with Crippen LogP contribution in [0.3, 0.4) is 0 Å². The van der Waals surface area contributed by atoms with Crippen molar-refractivity contribution in [3.63, 3.8) is 0 Å². The molecular formula is C24H32N6O2. The van der Waals surface area contributed by atoms with Crippen LogP contribution >= 0.6 is 0 Å². The summed E-state index contributed by atoms with van der Waals surface area (Å²) < 4.78 is 0. The van der Waals surface area contributed by atoms with E-state index in [0.717, 1.165) is 49.7 Å². The molecule has 0 aliphatic carbocycles. The topological polar surface area (TPSA) is 72.9 Å². The van der Waals surface area contributed by atoms with Crippen molar-refractivity contribution in [2.75, 3.05) is 64.8 Å². The second-order valence-corrected chi connectivity index (χ2v) is 8.84. The molecule has 2 aliphatic rings. The van der Waals surface area contributed by atoms with Gasteiger partial charge in [-0.15, -0.1) is 0 Å². The van der Waals surface area contributed by atoms with E-state index in [1.807, 2.05) is 60.3 Å². The summed E-state index contributed by atoms with van der Waals surface area (Å²) in [6.45, 7) is 4.97. The molecular weight excluding hydrogens is 404 g/mol. The maximum absolute atomic E-state index is 13.1. The second-order valence-electron chi connectivity index (χ2n) is 8.84. The van der Waals surface area contributed by atoms with E-state index in [1.54, 1.807) is 6.33 Å². The lowest BCUT2D eigenvalue weighted by molar-refractivity contribution is -0.136. The zero-order chi connectivity index (χ0) is 22.5. The summed E-state index contributed by atoms with van der Waals surface area (Å²) in [5.74, 6) is 0.891. The van der Waals surface area contributed by atoms with Crippen LogP contribution in [0.5, 0.6) is 0 Å². The van der Waals surface area contributed by atoms with Crippen molar-refractivity contribution in [1.82, 2.24) is 24.7 Å². The van der Waals surface area contributed by atoms with Gasteiger partial charge in [-0.1, -0.05) is 30.3 Å². The van der Waals surface area contributed by atoms with E-state index in [2.05, 4.69) is 19.8 Å². The molecule has 32 heavy (non-hydrogen) atoms. The van der Waals surface area contributed by atoms with E-state index in [0.29, 0.717) is 26.1 Å². The van der Waals surface area contributed by atoms with Gasteiger partial charge in [-0.25, -0.2) is 9.97 Å². The van der Waals surface area contributed by atoms with Gasteiger partial charge in [0.05, 0.1) is 11.6 Å². The van der Waals surface area contributed by atoms with E-state index < -0.39 is 0 Å². The fourth-order valence-corrected chi connectivity index (χ4v) is 4.43. The van der Waals surface area contributed by atoms with Crippen molar-refractivity contribution in [2.45, 2.75) is 12.8 Å². The van der Waals surface area contributed by atoms with E-state index in [4.69, 9.17) is 0 Å². The molecule has 3 heterocycles. The fourth-order valence-electron chi connectivity index (χ4n) is 4.43. The van der Waals surface area contributed by atoms with E-state index in [-0.39, 0.29) is 17.7 Å². The first-order valence-corrected chi connectivity index (χ1v) is 11.3. The largest absolute Gasteiger partial charge is 0.353 e. The van der Waals surface area contributed by atoms with Gasteiger partial charge < -0.3 is 19.6 Å². The quantitative estimate of drug-likeness (QED) is 0.656. The number of nitrogens with zero attached hydrogens (tertiary/aromatic N) is 6. The lowest BCUT2D eigenvalue weighted by Gasteiger charge is -2.36. The number of carbonyl (C=O) groups is 2. The summed E-state index contributed by atoms with van der Waals surface area (Å²) in [6, 6.07) is 12.1. The maximum atomic E-state index is 13.1. The van der Waals surface area contributed by atoms with Crippen LogP contribution in [-0.2, 0) is 9.59 Å². The highest BCUT2D eigenvalue weighted by molar-refractivity contribution is 5.89. The summed E-state index contributed by atoms with van der Waals surface area (Å²) in [4.78, 5) is 42.3.